The van der Waals surface area contributed by atoms with Gasteiger partial charge >= 0.3 is 0 Å². The Labute approximate surface area is 85.3 Å². The largest absolute Gasteiger partial charge is 0.398 e. The van der Waals surface area contributed by atoms with Gasteiger partial charge in [0.1, 0.15) is 0 Å². The molecule has 0 radical (unpaired) electrons. The average Bonchev–Trinajstić information content (AvgIpc) is 2.23. The van der Waals surface area contributed by atoms with Gasteiger partial charge in [0.25, 0.3) is 11.1 Å². The van der Waals surface area contributed by atoms with Crippen LogP contribution in [-0.4, -0.2) is 9.36 Å². The van der Waals surface area contributed by atoms with Gasteiger partial charge in [0.15, 0.2) is 0 Å². The molecular weight excluding hydrogens is 194 g/mol. The number of rotatable bonds is 0. The van der Waals surface area contributed by atoms with Crippen LogP contribution in [0.15, 0.2) is 27.8 Å². The van der Waals surface area contributed by atoms with Crippen LogP contribution in [0.4, 0.5) is 5.69 Å². The zero-order chi connectivity index (χ0) is 11.2. The van der Waals surface area contributed by atoms with Gasteiger partial charge in [-0.1, -0.05) is 6.07 Å². The zero-order valence-corrected chi connectivity index (χ0v) is 8.52. The summed E-state index contributed by atoms with van der Waals surface area (Å²) in [4.78, 5) is 23.6. The smallest absolute Gasteiger partial charge is 0.275 e. The van der Waals surface area contributed by atoms with Crippen LogP contribution in [0, 0.1) is 0 Å². The first-order valence-electron chi connectivity index (χ1n) is 4.48. The molecule has 2 N–H and O–H groups in total. The number of nitrogens with two attached hydrogens (primary N) is 1. The van der Waals surface area contributed by atoms with Gasteiger partial charge in [0, 0.05) is 19.8 Å². The quantitative estimate of drug-likeness (QED) is 0.606. The Morgan fingerprint density at radius 3 is 2.33 bits per heavy atom. The van der Waals surface area contributed by atoms with E-state index in [1.54, 1.807) is 25.2 Å². The van der Waals surface area contributed by atoms with E-state index in [2.05, 4.69) is 0 Å². The lowest BCUT2D eigenvalue weighted by atomic mass is 10.1. The number of hydrogen-bond donors (Lipinski definition) is 1. The molecule has 0 aliphatic rings. The van der Waals surface area contributed by atoms with E-state index in [4.69, 9.17) is 5.73 Å². The zero-order valence-electron chi connectivity index (χ0n) is 8.52. The van der Waals surface area contributed by atoms with Crippen LogP contribution >= 0.6 is 0 Å². The second kappa shape index (κ2) is 2.98. The lowest BCUT2D eigenvalue weighted by Gasteiger charge is -2.08. The van der Waals surface area contributed by atoms with Crippen molar-refractivity contribution >= 4 is 16.5 Å². The summed E-state index contributed by atoms with van der Waals surface area (Å²) in [6.07, 6.45) is 0. The normalized spacial score (nSPS) is 10.8. The molecule has 0 aliphatic carbocycles. The highest BCUT2D eigenvalue weighted by Gasteiger charge is 2.09. The Morgan fingerprint density at radius 2 is 1.67 bits per heavy atom. The van der Waals surface area contributed by atoms with Crippen LogP contribution < -0.4 is 16.9 Å². The number of nitrogen functional groups attached to an aromatic ring is 1. The number of benzene rings is 1. The van der Waals surface area contributed by atoms with E-state index < -0.39 is 0 Å². The minimum atomic E-state index is -0.259. The van der Waals surface area contributed by atoms with E-state index in [0.717, 1.165) is 0 Å². The van der Waals surface area contributed by atoms with Crippen LogP contribution in [-0.2, 0) is 14.1 Å². The van der Waals surface area contributed by atoms with Gasteiger partial charge in [-0.2, -0.15) is 0 Å². The Bertz CT molecular complexity index is 652. The van der Waals surface area contributed by atoms with E-state index in [1.165, 1.54) is 16.4 Å². The van der Waals surface area contributed by atoms with Crippen molar-refractivity contribution in [1.29, 1.82) is 0 Å². The maximum absolute atomic E-state index is 11.8. The Hall–Kier alpha value is -2.04. The predicted molar refractivity (Wildman–Crippen MR) is 58.8 cm³/mol. The first kappa shape index (κ1) is 9.51. The molecule has 1 aromatic carbocycles. The molecule has 0 atom stereocenters. The van der Waals surface area contributed by atoms with Gasteiger partial charge in [0.2, 0.25) is 0 Å². The van der Waals surface area contributed by atoms with Gasteiger partial charge in [-0.25, -0.2) is 0 Å². The monoisotopic (exact) mass is 205 g/mol. The molecule has 2 aromatic rings. The molecule has 2 rings (SSSR count). The van der Waals surface area contributed by atoms with Crippen molar-refractivity contribution in [2.75, 3.05) is 5.73 Å². The molecule has 78 valence electrons. The fourth-order valence-electron chi connectivity index (χ4n) is 1.60. The van der Waals surface area contributed by atoms with E-state index in [9.17, 15) is 9.59 Å². The van der Waals surface area contributed by atoms with Gasteiger partial charge in [0.05, 0.1) is 10.8 Å². The maximum atomic E-state index is 11.8. The number of hydrogen-bond acceptors (Lipinski definition) is 3. The van der Waals surface area contributed by atoms with E-state index in [1.807, 2.05) is 0 Å². The van der Waals surface area contributed by atoms with Gasteiger partial charge in [-0.15, -0.1) is 0 Å². The highest BCUT2D eigenvalue weighted by atomic mass is 16.2. The average molecular weight is 205 g/mol. The van der Waals surface area contributed by atoms with E-state index in [0.29, 0.717) is 16.5 Å². The van der Waals surface area contributed by atoms with Crippen LogP contribution in [0.25, 0.3) is 10.8 Å². The minimum Gasteiger partial charge on any atom is -0.398 e. The maximum Gasteiger partial charge on any atom is 0.275 e. The van der Waals surface area contributed by atoms with Gasteiger partial charge < -0.3 is 5.73 Å². The summed E-state index contributed by atoms with van der Waals surface area (Å²) in [5.74, 6) is 0. The third-order valence-corrected chi connectivity index (χ3v) is 2.58. The minimum absolute atomic E-state index is 0.223. The molecule has 1 aromatic heterocycles. The third-order valence-electron chi connectivity index (χ3n) is 2.58. The van der Waals surface area contributed by atoms with Crippen LogP contribution in [0.1, 0.15) is 0 Å². The van der Waals surface area contributed by atoms with Gasteiger partial charge in [-0.3, -0.25) is 19.0 Å². The number of nitrogens with zero attached hydrogens (tertiary/aromatic N) is 2. The first-order valence-corrected chi connectivity index (χ1v) is 4.48. The van der Waals surface area contributed by atoms with Gasteiger partial charge in [-0.05, 0) is 12.1 Å². The summed E-state index contributed by atoms with van der Waals surface area (Å²) in [5, 5.41) is 0.656. The van der Waals surface area contributed by atoms with Crippen LogP contribution in [0.2, 0.25) is 0 Å². The standard InChI is InChI=1S/C10H11N3O2/c1-12-9(14)6-4-3-5-7(11)8(6)10(15)13(12)2/h3-5H,11H2,1-2H3. The van der Waals surface area contributed by atoms with E-state index >= 15 is 0 Å². The van der Waals surface area contributed by atoms with Crippen molar-refractivity contribution in [3.63, 3.8) is 0 Å². The Morgan fingerprint density at radius 1 is 1.07 bits per heavy atom. The molecular formula is C10H11N3O2. The van der Waals surface area contributed by atoms with Crippen molar-refractivity contribution in [2.24, 2.45) is 14.1 Å². The molecule has 5 nitrogen and oxygen atoms in total. The van der Waals surface area contributed by atoms with Crippen LogP contribution in [0.3, 0.4) is 0 Å². The summed E-state index contributed by atoms with van der Waals surface area (Å²) in [5.41, 5.74) is 5.54. The summed E-state index contributed by atoms with van der Waals surface area (Å²) < 4.78 is 2.52. The SMILES string of the molecule is Cn1c(=O)c2cccc(N)c2c(=O)n1C. The summed E-state index contributed by atoms with van der Waals surface area (Å²) in [7, 11) is 3.09. The molecule has 1 heterocycles. The molecule has 0 saturated carbocycles. The summed E-state index contributed by atoms with van der Waals surface area (Å²) >= 11 is 0. The number of aromatic nitrogens is 2. The second-order valence-corrected chi connectivity index (χ2v) is 3.43. The fourth-order valence-corrected chi connectivity index (χ4v) is 1.60. The fraction of sp³-hybridized carbons (Fsp3) is 0.200. The molecule has 15 heavy (non-hydrogen) atoms. The highest BCUT2D eigenvalue weighted by Crippen LogP contribution is 2.12. The molecule has 5 heteroatoms. The number of fused-ring (bicyclic) bond motifs is 1. The third kappa shape index (κ3) is 1.16. The second-order valence-electron chi connectivity index (χ2n) is 3.43. The predicted octanol–water partition coefficient (Wildman–Crippen LogP) is -0.181. The molecule has 0 aliphatic heterocycles. The molecule has 0 unspecified atom stereocenters. The van der Waals surface area contributed by atoms with Crippen molar-refractivity contribution in [3.8, 4) is 0 Å². The summed E-state index contributed by atoms with van der Waals surface area (Å²) in [6, 6.07) is 4.89. The molecule has 0 amide bonds. The topological polar surface area (TPSA) is 70.0 Å². The molecule has 0 spiro atoms. The Balaban J connectivity index is 3.23. The lowest BCUT2D eigenvalue weighted by molar-refractivity contribution is 0.543. The van der Waals surface area contributed by atoms with Crippen molar-refractivity contribution < 1.29 is 0 Å². The molecule has 0 bridgehead atoms. The van der Waals surface area contributed by atoms with E-state index in [-0.39, 0.29) is 11.1 Å². The molecule has 0 saturated heterocycles. The Kier molecular flexibility index (Phi) is 1.89. The first-order chi connectivity index (χ1) is 7.04. The number of anilines is 1. The molecule has 0 fully saturated rings. The highest BCUT2D eigenvalue weighted by molar-refractivity contribution is 5.91. The van der Waals surface area contributed by atoms with Crippen molar-refractivity contribution in [3.05, 3.63) is 38.9 Å². The van der Waals surface area contributed by atoms with Crippen LogP contribution in [0.5, 0.6) is 0 Å². The summed E-state index contributed by atoms with van der Waals surface area (Å²) in [6.45, 7) is 0. The van der Waals surface area contributed by atoms with Crippen molar-refractivity contribution in [2.45, 2.75) is 0 Å². The lowest BCUT2D eigenvalue weighted by Crippen LogP contribution is -2.35. The van der Waals surface area contributed by atoms with Crippen molar-refractivity contribution in [1.82, 2.24) is 9.36 Å².